The van der Waals surface area contributed by atoms with Crippen LogP contribution in [0.5, 0.6) is 0 Å². The number of hydrogen-bond acceptors (Lipinski definition) is 3. The van der Waals surface area contributed by atoms with E-state index in [1.165, 1.54) is 11.9 Å². The van der Waals surface area contributed by atoms with Gasteiger partial charge >= 0.3 is 0 Å². The molecule has 0 radical (unpaired) electrons. The van der Waals surface area contributed by atoms with Gasteiger partial charge in [0.1, 0.15) is 17.4 Å². The second-order valence-corrected chi connectivity index (χ2v) is 4.67. The lowest BCUT2D eigenvalue weighted by Crippen LogP contribution is -1.99. The van der Waals surface area contributed by atoms with Gasteiger partial charge in [0.2, 0.25) is 0 Å². The first-order chi connectivity index (χ1) is 8.29. The molecule has 0 aliphatic heterocycles. The van der Waals surface area contributed by atoms with Gasteiger partial charge in [-0.3, -0.25) is 0 Å². The Morgan fingerprint density at radius 1 is 1.47 bits per heavy atom. The van der Waals surface area contributed by atoms with Gasteiger partial charge in [0.25, 0.3) is 0 Å². The Morgan fingerprint density at radius 3 is 3.12 bits per heavy atom. The van der Waals surface area contributed by atoms with Crippen LogP contribution in [0.15, 0.2) is 18.6 Å². The number of aromatic nitrogens is 3. The molecule has 1 aliphatic rings. The number of aromatic amines is 1. The fourth-order valence-corrected chi connectivity index (χ4v) is 2.49. The Balaban J connectivity index is 2.05. The van der Waals surface area contributed by atoms with E-state index in [4.69, 9.17) is 16.7 Å². The van der Waals surface area contributed by atoms with Crippen molar-refractivity contribution >= 4 is 28.2 Å². The van der Waals surface area contributed by atoms with Crippen molar-refractivity contribution in [3.8, 4) is 0 Å². The standard InChI is InChI=1S/C12H12ClN3O/c13-12-11-10(15-6-16-12)9(4-14-11)8-2-1-7(3-8)5-17/h2,4,6-7,14,17H,1,3,5H2/t7-/m1/s1. The van der Waals surface area contributed by atoms with Gasteiger partial charge in [-0.2, -0.15) is 0 Å². The normalized spacial score (nSPS) is 19.9. The number of aliphatic hydroxyl groups is 1. The van der Waals surface area contributed by atoms with Crippen molar-refractivity contribution in [1.82, 2.24) is 15.0 Å². The zero-order valence-electron chi connectivity index (χ0n) is 9.15. The van der Waals surface area contributed by atoms with E-state index >= 15 is 0 Å². The van der Waals surface area contributed by atoms with Crippen LogP contribution in [0.4, 0.5) is 0 Å². The third-order valence-electron chi connectivity index (χ3n) is 3.23. The summed E-state index contributed by atoms with van der Waals surface area (Å²) in [7, 11) is 0. The predicted octanol–water partition coefficient (Wildman–Crippen LogP) is 2.40. The molecule has 0 amide bonds. The Labute approximate surface area is 103 Å². The van der Waals surface area contributed by atoms with Crippen LogP contribution in [0, 0.1) is 5.92 Å². The van der Waals surface area contributed by atoms with Gasteiger partial charge in [-0.05, 0) is 24.3 Å². The molecule has 1 aliphatic carbocycles. The average molecular weight is 250 g/mol. The van der Waals surface area contributed by atoms with Crippen LogP contribution in [0.3, 0.4) is 0 Å². The van der Waals surface area contributed by atoms with Crippen LogP contribution >= 0.6 is 11.6 Å². The zero-order valence-corrected chi connectivity index (χ0v) is 9.91. The fraction of sp³-hybridized carbons (Fsp3) is 0.333. The van der Waals surface area contributed by atoms with Crippen molar-refractivity contribution in [3.63, 3.8) is 0 Å². The molecule has 2 heterocycles. The highest BCUT2D eigenvalue weighted by molar-refractivity contribution is 6.33. The lowest BCUT2D eigenvalue weighted by molar-refractivity contribution is 0.234. The molecule has 4 nitrogen and oxygen atoms in total. The minimum atomic E-state index is 0.234. The summed E-state index contributed by atoms with van der Waals surface area (Å²) in [5.41, 5.74) is 3.93. The van der Waals surface area contributed by atoms with Crippen LogP contribution in [0.2, 0.25) is 5.15 Å². The van der Waals surface area contributed by atoms with Gasteiger partial charge in [0.15, 0.2) is 5.15 Å². The monoisotopic (exact) mass is 249 g/mol. The molecule has 0 bridgehead atoms. The zero-order chi connectivity index (χ0) is 11.8. The smallest absolute Gasteiger partial charge is 0.156 e. The summed E-state index contributed by atoms with van der Waals surface area (Å²) >= 11 is 5.99. The quantitative estimate of drug-likeness (QED) is 0.804. The van der Waals surface area contributed by atoms with Gasteiger partial charge in [0.05, 0.1) is 0 Å². The highest BCUT2D eigenvalue weighted by Gasteiger charge is 2.20. The molecule has 2 N–H and O–H groups in total. The Kier molecular flexibility index (Phi) is 2.61. The van der Waals surface area contributed by atoms with Gasteiger partial charge in [-0.1, -0.05) is 17.7 Å². The first kappa shape index (κ1) is 10.7. The molecule has 5 heteroatoms. The minimum Gasteiger partial charge on any atom is -0.396 e. The van der Waals surface area contributed by atoms with E-state index in [-0.39, 0.29) is 6.61 Å². The molecule has 2 aromatic heterocycles. The topological polar surface area (TPSA) is 61.8 Å². The maximum Gasteiger partial charge on any atom is 0.156 e. The van der Waals surface area contributed by atoms with Gasteiger partial charge in [0, 0.05) is 18.4 Å². The third kappa shape index (κ3) is 1.73. The number of H-pyrrole nitrogens is 1. The van der Waals surface area contributed by atoms with E-state index in [0.717, 1.165) is 29.4 Å². The molecule has 1 atom stereocenters. The van der Waals surface area contributed by atoms with Crippen molar-refractivity contribution in [3.05, 3.63) is 29.3 Å². The molecule has 17 heavy (non-hydrogen) atoms. The molecule has 2 aromatic rings. The van der Waals surface area contributed by atoms with Crippen LogP contribution in [0.25, 0.3) is 16.6 Å². The number of allylic oxidation sites excluding steroid dienone is 2. The molecule has 0 saturated heterocycles. The number of aliphatic hydroxyl groups excluding tert-OH is 1. The molecule has 3 rings (SSSR count). The van der Waals surface area contributed by atoms with E-state index < -0.39 is 0 Å². The Hall–Kier alpha value is -1.39. The van der Waals surface area contributed by atoms with E-state index in [9.17, 15) is 0 Å². The number of nitrogens with zero attached hydrogens (tertiary/aromatic N) is 2. The molecule has 88 valence electrons. The molecule has 0 fully saturated rings. The van der Waals surface area contributed by atoms with E-state index in [2.05, 4.69) is 21.0 Å². The number of fused-ring (bicyclic) bond motifs is 1. The second-order valence-electron chi connectivity index (χ2n) is 4.31. The van der Waals surface area contributed by atoms with Crippen molar-refractivity contribution in [2.45, 2.75) is 12.8 Å². The van der Waals surface area contributed by atoms with E-state index in [1.807, 2.05) is 6.20 Å². The lowest BCUT2D eigenvalue weighted by Gasteiger charge is -2.04. The van der Waals surface area contributed by atoms with Crippen LogP contribution in [-0.4, -0.2) is 26.7 Å². The van der Waals surface area contributed by atoms with Crippen molar-refractivity contribution in [1.29, 1.82) is 0 Å². The van der Waals surface area contributed by atoms with Crippen molar-refractivity contribution in [2.24, 2.45) is 5.92 Å². The SMILES string of the molecule is OC[C@@H]1CC=C(c2c[nH]c3c(Cl)ncnc23)C1. The van der Waals surface area contributed by atoms with Gasteiger partial charge in [-0.15, -0.1) is 0 Å². The lowest BCUT2D eigenvalue weighted by atomic mass is 10.0. The molecule has 0 spiro atoms. The molecule has 0 unspecified atom stereocenters. The summed E-state index contributed by atoms with van der Waals surface area (Å²) in [6.07, 6.45) is 7.37. The Morgan fingerprint density at radius 2 is 2.35 bits per heavy atom. The number of nitrogens with one attached hydrogen (secondary N) is 1. The number of halogens is 1. The van der Waals surface area contributed by atoms with Crippen molar-refractivity contribution < 1.29 is 5.11 Å². The van der Waals surface area contributed by atoms with Crippen LogP contribution < -0.4 is 0 Å². The van der Waals surface area contributed by atoms with E-state index in [1.54, 1.807) is 0 Å². The summed E-state index contributed by atoms with van der Waals surface area (Å²) in [6.45, 7) is 0.234. The third-order valence-corrected chi connectivity index (χ3v) is 3.51. The Bertz CT molecular complexity index is 590. The summed E-state index contributed by atoms with van der Waals surface area (Å²) in [5, 5.41) is 9.59. The van der Waals surface area contributed by atoms with E-state index in [0.29, 0.717) is 11.1 Å². The van der Waals surface area contributed by atoms with Crippen LogP contribution in [0.1, 0.15) is 18.4 Å². The molecule has 0 aromatic carbocycles. The van der Waals surface area contributed by atoms with Gasteiger partial charge < -0.3 is 10.1 Å². The average Bonchev–Trinajstić information content (AvgIpc) is 2.94. The second kappa shape index (κ2) is 4.13. The number of hydrogen-bond donors (Lipinski definition) is 2. The minimum absolute atomic E-state index is 0.234. The summed E-state index contributed by atoms with van der Waals surface area (Å²) in [4.78, 5) is 11.3. The highest BCUT2D eigenvalue weighted by atomic mass is 35.5. The maximum absolute atomic E-state index is 9.15. The first-order valence-corrected chi connectivity index (χ1v) is 5.95. The highest BCUT2D eigenvalue weighted by Crippen LogP contribution is 2.35. The summed E-state index contributed by atoms with van der Waals surface area (Å²) in [6, 6.07) is 0. The van der Waals surface area contributed by atoms with Gasteiger partial charge in [-0.25, -0.2) is 9.97 Å². The summed E-state index contributed by atoms with van der Waals surface area (Å²) in [5.74, 6) is 0.340. The van der Waals surface area contributed by atoms with Crippen LogP contribution in [-0.2, 0) is 0 Å². The largest absolute Gasteiger partial charge is 0.396 e. The number of rotatable bonds is 2. The first-order valence-electron chi connectivity index (χ1n) is 5.57. The maximum atomic E-state index is 9.15. The fourth-order valence-electron chi connectivity index (χ4n) is 2.30. The van der Waals surface area contributed by atoms with Crippen molar-refractivity contribution in [2.75, 3.05) is 6.61 Å². The predicted molar refractivity (Wildman–Crippen MR) is 66.7 cm³/mol. The molecular formula is C12H12ClN3O. The molecular weight excluding hydrogens is 238 g/mol. The summed E-state index contributed by atoms with van der Waals surface area (Å²) < 4.78 is 0. The molecule has 0 saturated carbocycles.